The topological polar surface area (TPSA) is 112 Å². The normalized spacial score (nSPS) is 12.9. The van der Waals surface area contributed by atoms with E-state index in [2.05, 4.69) is 0 Å². The van der Waals surface area contributed by atoms with Crippen LogP contribution in [-0.4, -0.2) is 75.0 Å². The molecule has 0 unspecified atom stereocenters. The van der Waals surface area contributed by atoms with Crippen LogP contribution in [0.3, 0.4) is 0 Å². The van der Waals surface area contributed by atoms with E-state index in [-0.39, 0.29) is 13.2 Å². The van der Waals surface area contributed by atoms with E-state index in [1.54, 1.807) is 14.2 Å². The number of ether oxygens (including phenoxy) is 4. The van der Waals surface area contributed by atoms with E-state index in [0.717, 1.165) is 64.6 Å². The van der Waals surface area contributed by atoms with Crippen LogP contribution in [0.4, 0.5) is 0 Å². The summed E-state index contributed by atoms with van der Waals surface area (Å²) in [4.78, 5) is 23.7. The van der Waals surface area contributed by atoms with Gasteiger partial charge in [-0.25, -0.2) is 9.59 Å². The summed E-state index contributed by atoms with van der Waals surface area (Å²) >= 11 is 0. The van der Waals surface area contributed by atoms with Crippen LogP contribution in [0, 0.1) is 0 Å². The summed E-state index contributed by atoms with van der Waals surface area (Å²) in [5, 5.41) is 19.7. The number of unbranched alkanes of at least 4 members (excludes halogenated alkanes) is 14. The third-order valence-corrected chi connectivity index (χ3v) is 5.76. The maximum atomic E-state index is 11.9. The summed E-state index contributed by atoms with van der Waals surface area (Å²) in [5.41, 5.74) is 0. The Bertz CT molecular complexity index is 430. The molecule has 8 nitrogen and oxygen atoms in total. The third-order valence-electron chi connectivity index (χ3n) is 5.76. The molecule has 0 rings (SSSR count). The zero-order valence-electron chi connectivity index (χ0n) is 21.6. The highest BCUT2D eigenvalue weighted by atomic mass is 16.6. The molecule has 0 bridgehead atoms. The number of carbonyl (C=O) groups is 2. The zero-order chi connectivity index (χ0) is 25.3. The number of carbonyl (C=O) groups excluding carboxylic acids is 2. The van der Waals surface area contributed by atoms with Crippen molar-refractivity contribution in [1.29, 1.82) is 0 Å². The number of aliphatic hydroxyl groups excluding tert-OH is 2. The van der Waals surface area contributed by atoms with E-state index in [4.69, 9.17) is 18.9 Å². The van der Waals surface area contributed by atoms with Gasteiger partial charge in [0.2, 0.25) is 0 Å². The lowest BCUT2D eigenvalue weighted by Crippen LogP contribution is -2.41. The van der Waals surface area contributed by atoms with Gasteiger partial charge in [-0.3, -0.25) is 0 Å². The number of hydrogen-bond acceptors (Lipinski definition) is 8. The Hall–Kier alpha value is -1.22. The second-order valence-corrected chi connectivity index (χ2v) is 8.87. The summed E-state index contributed by atoms with van der Waals surface area (Å²) in [5.74, 6) is -1.99. The van der Waals surface area contributed by atoms with E-state index in [1.165, 1.54) is 38.5 Å². The van der Waals surface area contributed by atoms with Crippen molar-refractivity contribution in [3.63, 3.8) is 0 Å². The number of hydrogen-bond donors (Lipinski definition) is 2. The van der Waals surface area contributed by atoms with Crippen LogP contribution in [0.1, 0.15) is 103 Å². The minimum Gasteiger partial charge on any atom is -0.464 e. The quantitative estimate of drug-likeness (QED) is 0.144. The average molecular weight is 491 g/mol. The molecule has 0 aliphatic rings. The highest BCUT2D eigenvalue weighted by Gasteiger charge is 2.32. The minimum absolute atomic E-state index is 0.165. The van der Waals surface area contributed by atoms with Crippen molar-refractivity contribution in [3.8, 4) is 0 Å². The number of aliphatic hydroxyl groups is 2. The predicted octanol–water partition coefficient (Wildman–Crippen LogP) is 4.33. The summed E-state index contributed by atoms with van der Waals surface area (Å²) in [7, 11) is 3.44. The van der Waals surface area contributed by atoms with E-state index in [9.17, 15) is 19.8 Å². The van der Waals surface area contributed by atoms with E-state index >= 15 is 0 Å². The van der Waals surface area contributed by atoms with Crippen molar-refractivity contribution in [2.75, 3.05) is 40.6 Å². The molecule has 0 saturated carbocycles. The molecule has 0 aromatic heterocycles. The Morgan fingerprint density at radius 1 is 0.471 bits per heavy atom. The molecule has 2 atom stereocenters. The first kappa shape index (κ1) is 32.8. The van der Waals surface area contributed by atoms with Gasteiger partial charge in [-0.15, -0.1) is 0 Å². The molecule has 2 N–H and O–H groups in total. The second kappa shape index (κ2) is 24.9. The second-order valence-electron chi connectivity index (χ2n) is 8.87. The molecular formula is C26H50O8. The third kappa shape index (κ3) is 20.2. The van der Waals surface area contributed by atoms with Crippen LogP contribution in [0.5, 0.6) is 0 Å². The molecule has 0 saturated heterocycles. The Balaban J connectivity index is 3.63. The lowest BCUT2D eigenvalue weighted by Gasteiger charge is -2.16. The van der Waals surface area contributed by atoms with E-state index < -0.39 is 24.1 Å². The Morgan fingerprint density at radius 3 is 0.971 bits per heavy atom. The van der Waals surface area contributed by atoms with Crippen molar-refractivity contribution < 1.29 is 38.7 Å². The van der Waals surface area contributed by atoms with Gasteiger partial charge in [-0.2, -0.15) is 0 Å². The lowest BCUT2D eigenvalue weighted by molar-refractivity contribution is -0.173. The van der Waals surface area contributed by atoms with Crippen molar-refractivity contribution in [2.45, 2.75) is 115 Å². The zero-order valence-corrected chi connectivity index (χ0v) is 21.6. The largest absolute Gasteiger partial charge is 0.464 e. The Kier molecular flexibility index (Phi) is 24.0. The fourth-order valence-corrected chi connectivity index (χ4v) is 3.59. The molecule has 0 radical (unpaired) electrons. The van der Waals surface area contributed by atoms with Crippen molar-refractivity contribution in [2.24, 2.45) is 0 Å². The molecule has 8 heteroatoms. The fraction of sp³-hybridized carbons (Fsp3) is 0.923. The van der Waals surface area contributed by atoms with E-state index in [0.29, 0.717) is 12.8 Å². The summed E-state index contributed by atoms with van der Waals surface area (Å²) in [6.45, 7) is 1.97. The monoisotopic (exact) mass is 490 g/mol. The smallest absolute Gasteiger partial charge is 0.338 e. The number of esters is 2. The summed E-state index contributed by atoms with van der Waals surface area (Å²) < 4.78 is 20.0. The molecule has 0 amide bonds. The molecular weight excluding hydrogens is 440 g/mol. The summed E-state index contributed by atoms with van der Waals surface area (Å²) in [6.07, 6.45) is 13.2. The maximum Gasteiger partial charge on any atom is 0.338 e. The molecule has 0 heterocycles. The van der Waals surface area contributed by atoms with Gasteiger partial charge in [0.25, 0.3) is 0 Å². The van der Waals surface area contributed by atoms with Crippen LogP contribution in [0.2, 0.25) is 0 Å². The molecule has 0 fully saturated rings. The van der Waals surface area contributed by atoms with Crippen LogP contribution >= 0.6 is 0 Å². The minimum atomic E-state index is -1.92. The number of methoxy groups -OCH3 is 2. The Labute approximate surface area is 206 Å². The maximum absolute atomic E-state index is 11.9. The van der Waals surface area contributed by atoms with Gasteiger partial charge in [0.05, 0.1) is 13.2 Å². The summed E-state index contributed by atoms with van der Waals surface area (Å²) in [6, 6.07) is 0. The highest BCUT2D eigenvalue weighted by molar-refractivity contribution is 5.85. The van der Waals surface area contributed by atoms with E-state index in [1.807, 2.05) is 0 Å². The predicted molar refractivity (Wildman–Crippen MR) is 132 cm³/mol. The molecule has 0 aliphatic heterocycles. The van der Waals surface area contributed by atoms with Gasteiger partial charge in [0.15, 0.2) is 12.2 Å². The van der Waals surface area contributed by atoms with Crippen molar-refractivity contribution >= 4 is 11.9 Å². The van der Waals surface area contributed by atoms with Crippen LogP contribution < -0.4 is 0 Å². The molecule has 0 aromatic rings. The molecule has 0 spiro atoms. The van der Waals surface area contributed by atoms with Gasteiger partial charge in [-0.1, -0.05) is 77.0 Å². The number of rotatable bonds is 25. The van der Waals surface area contributed by atoms with Crippen LogP contribution in [0.15, 0.2) is 0 Å². The lowest BCUT2D eigenvalue weighted by atomic mass is 10.1. The Morgan fingerprint density at radius 2 is 0.706 bits per heavy atom. The fourth-order valence-electron chi connectivity index (χ4n) is 3.59. The molecule has 34 heavy (non-hydrogen) atoms. The van der Waals surface area contributed by atoms with Crippen LogP contribution in [0.25, 0.3) is 0 Å². The van der Waals surface area contributed by atoms with Gasteiger partial charge in [0.1, 0.15) is 0 Å². The molecule has 0 aliphatic carbocycles. The first-order valence-corrected chi connectivity index (χ1v) is 13.2. The van der Waals surface area contributed by atoms with Gasteiger partial charge >= 0.3 is 11.9 Å². The first-order valence-electron chi connectivity index (χ1n) is 13.2. The van der Waals surface area contributed by atoms with Gasteiger partial charge in [0, 0.05) is 27.4 Å². The standard InChI is InChI=1S/C26H50O8/c1-31-19-15-11-7-3-5-9-13-17-21-33-25(29)23(27)24(28)26(30)34-22-18-14-10-6-4-8-12-16-20-32-2/h23-24,27-28H,3-22H2,1-2H3/t23-,24-/m1/s1. The average Bonchev–Trinajstić information content (AvgIpc) is 2.84. The highest BCUT2D eigenvalue weighted by Crippen LogP contribution is 2.10. The SMILES string of the molecule is COCCCCCCCCCCOC(=O)[C@H](O)[C@@H](O)C(=O)OCCCCCCCCCCOC. The molecule has 0 aromatic carbocycles. The van der Waals surface area contributed by atoms with Gasteiger partial charge < -0.3 is 29.2 Å². The van der Waals surface area contributed by atoms with Gasteiger partial charge in [-0.05, 0) is 25.7 Å². The van der Waals surface area contributed by atoms with Crippen molar-refractivity contribution in [3.05, 3.63) is 0 Å². The van der Waals surface area contributed by atoms with Crippen LogP contribution in [-0.2, 0) is 28.5 Å². The van der Waals surface area contributed by atoms with Crippen molar-refractivity contribution in [1.82, 2.24) is 0 Å². The first-order chi connectivity index (χ1) is 16.5. The molecule has 202 valence electrons.